The Morgan fingerprint density at radius 2 is 0.561 bits per heavy atom. The Morgan fingerprint density at radius 1 is 0.242 bits per heavy atom. The van der Waals surface area contributed by atoms with Crippen LogP contribution in [0.1, 0.15) is 0 Å². The number of hydrogen-bond acceptors (Lipinski definition) is 3. The highest BCUT2D eigenvalue weighted by Crippen LogP contribution is 2.43. The van der Waals surface area contributed by atoms with Gasteiger partial charge in [0.1, 0.15) is 11.5 Å². The molecule has 66 heavy (non-hydrogen) atoms. The minimum atomic E-state index is 0.806. The van der Waals surface area contributed by atoms with Crippen LogP contribution in [0.15, 0.2) is 212 Å². The number of aromatic nitrogens is 3. The van der Waals surface area contributed by atoms with Crippen molar-refractivity contribution in [2.24, 2.45) is 0 Å². The third-order valence-corrected chi connectivity index (χ3v) is 16.0. The quantitative estimate of drug-likeness (QED) is 0.169. The summed E-state index contributed by atoms with van der Waals surface area (Å²) in [4.78, 5) is 0. The predicted octanol–water partition coefficient (Wildman–Crippen LogP) is 17.5. The SMILES string of the molecule is c1ccc2c(c1)sc1ccc(-n3c4ccccc4c4cc(Oc5ccc6c(c5)c5ccccc5n6-c5ccc6sc7ccc(-n8c9ccccc9c9ccccc98)cc7c6c5)ccc43)cc12. The Balaban J connectivity index is 0.827. The molecule has 0 N–H and O–H groups in total. The summed E-state index contributed by atoms with van der Waals surface area (Å²) < 4.78 is 19.2. The van der Waals surface area contributed by atoms with Crippen molar-refractivity contribution in [3.63, 3.8) is 0 Å². The van der Waals surface area contributed by atoms with E-state index in [0.29, 0.717) is 0 Å². The second kappa shape index (κ2) is 13.7. The highest BCUT2D eigenvalue weighted by Gasteiger charge is 2.19. The summed E-state index contributed by atoms with van der Waals surface area (Å²) in [6.07, 6.45) is 0. The van der Waals surface area contributed by atoms with Gasteiger partial charge in [0.05, 0.1) is 33.1 Å². The molecule has 6 heteroatoms. The van der Waals surface area contributed by atoms with Gasteiger partial charge in [0.25, 0.3) is 0 Å². The van der Waals surface area contributed by atoms with Crippen molar-refractivity contribution < 1.29 is 4.74 Å². The van der Waals surface area contributed by atoms with E-state index in [0.717, 1.165) is 50.2 Å². The monoisotopic (exact) mass is 877 g/mol. The number of nitrogens with zero attached hydrogens (tertiary/aromatic N) is 3. The second-order valence-electron chi connectivity index (χ2n) is 17.3. The van der Waals surface area contributed by atoms with Crippen molar-refractivity contribution in [2.75, 3.05) is 0 Å². The van der Waals surface area contributed by atoms with Crippen LogP contribution in [-0.4, -0.2) is 13.7 Å². The van der Waals surface area contributed by atoms with Gasteiger partial charge in [-0.1, -0.05) is 91.0 Å². The maximum atomic E-state index is 6.79. The Kier molecular flexibility index (Phi) is 7.50. The van der Waals surface area contributed by atoms with E-state index in [-0.39, 0.29) is 0 Å². The Labute approximate surface area is 385 Å². The number of fused-ring (bicyclic) bond motifs is 15. The molecule has 15 rings (SSSR count). The summed E-state index contributed by atoms with van der Waals surface area (Å²) >= 11 is 3.71. The fourth-order valence-corrected chi connectivity index (χ4v) is 13.0. The molecule has 0 aliphatic rings. The average molecular weight is 878 g/mol. The minimum absolute atomic E-state index is 0.806. The van der Waals surface area contributed by atoms with E-state index >= 15 is 0 Å². The lowest BCUT2D eigenvalue weighted by Gasteiger charge is -2.11. The first-order chi connectivity index (χ1) is 32.7. The van der Waals surface area contributed by atoms with Crippen molar-refractivity contribution in [2.45, 2.75) is 0 Å². The summed E-state index contributed by atoms with van der Waals surface area (Å²) in [6.45, 7) is 0. The zero-order valence-electron chi connectivity index (χ0n) is 35.3. The molecule has 0 spiro atoms. The van der Waals surface area contributed by atoms with Crippen molar-refractivity contribution >= 4 is 128 Å². The van der Waals surface area contributed by atoms with Gasteiger partial charge in [-0.2, -0.15) is 0 Å². The van der Waals surface area contributed by atoms with E-state index in [1.807, 2.05) is 22.7 Å². The molecule has 0 unspecified atom stereocenters. The molecule has 0 aliphatic heterocycles. The first-order valence-electron chi connectivity index (χ1n) is 22.3. The van der Waals surface area contributed by atoms with Crippen LogP contribution < -0.4 is 4.74 Å². The number of para-hydroxylation sites is 4. The van der Waals surface area contributed by atoms with Crippen LogP contribution in [-0.2, 0) is 0 Å². The van der Waals surface area contributed by atoms with Gasteiger partial charge in [-0.25, -0.2) is 0 Å². The number of rotatable bonds is 5. The lowest BCUT2D eigenvalue weighted by Crippen LogP contribution is -1.94. The number of thiophene rings is 2. The molecule has 0 amide bonds. The summed E-state index contributed by atoms with van der Waals surface area (Å²) in [5.41, 5.74) is 10.5. The third-order valence-electron chi connectivity index (χ3n) is 13.7. The normalized spacial score (nSPS) is 12.2. The van der Waals surface area contributed by atoms with Gasteiger partial charge in [-0.15, -0.1) is 22.7 Å². The van der Waals surface area contributed by atoms with Crippen LogP contribution in [0, 0.1) is 0 Å². The van der Waals surface area contributed by atoms with Crippen molar-refractivity contribution in [3.05, 3.63) is 212 Å². The molecule has 0 fully saturated rings. The molecule has 0 saturated carbocycles. The van der Waals surface area contributed by atoms with Gasteiger partial charge in [0, 0.05) is 89.7 Å². The zero-order valence-corrected chi connectivity index (χ0v) is 36.9. The molecule has 5 aromatic heterocycles. The molecular weight excluding hydrogens is 843 g/mol. The highest BCUT2D eigenvalue weighted by molar-refractivity contribution is 7.26. The lowest BCUT2D eigenvalue weighted by atomic mass is 10.1. The molecule has 0 aliphatic carbocycles. The molecule has 308 valence electrons. The van der Waals surface area contributed by atoms with Gasteiger partial charge in [-0.05, 0) is 121 Å². The van der Waals surface area contributed by atoms with Crippen LogP contribution >= 0.6 is 22.7 Å². The van der Waals surface area contributed by atoms with E-state index in [4.69, 9.17) is 4.74 Å². The minimum Gasteiger partial charge on any atom is -0.457 e. The first kappa shape index (κ1) is 36.2. The molecule has 10 aromatic carbocycles. The first-order valence-corrected chi connectivity index (χ1v) is 23.9. The number of benzene rings is 10. The average Bonchev–Trinajstić information content (AvgIpc) is 4.17. The van der Waals surface area contributed by atoms with E-state index in [2.05, 4.69) is 226 Å². The second-order valence-corrected chi connectivity index (χ2v) is 19.4. The Morgan fingerprint density at radius 3 is 0.985 bits per heavy atom. The molecule has 5 heterocycles. The van der Waals surface area contributed by atoms with Crippen molar-refractivity contribution in [1.82, 2.24) is 13.7 Å². The topological polar surface area (TPSA) is 24.0 Å². The third kappa shape index (κ3) is 5.19. The zero-order chi connectivity index (χ0) is 43.0. The Hall–Kier alpha value is -8.16. The van der Waals surface area contributed by atoms with Gasteiger partial charge in [-0.3, -0.25) is 0 Å². The number of ether oxygens (including phenoxy) is 1. The van der Waals surface area contributed by atoms with E-state index in [1.54, 1.807) is 0 Å². The predicted molar refractivity (Wildman–Crippen MR) is 282 cm³/mol. The molecule has 0 saturated heterocycles. The largest absolute Gasteiger partial charge is 0.457 e. The number of hydrogen-bond donors (Lipinski definition) is 0. The molecule has 0 bridgehead atoms. The van der Waals surface area contributed by atoms with Gasteiger partial charge in [0.2, 0.25) is 0 Å². The molecule has 0 radical (unpaired) electrons. The fraction of sp³-hybridized carbons (Fsp3) is 0. The standard InChI is InChI=1S/C60H35N3OS2/c1-6-16-51-41(11-1)42-12-2-7-17-52(42)61(51)37-22-29-59-49(32-37)50-33-38(23-30-60(50)66-59)63-54-19-9-4-14-44(54)47-35-40(25-27-56(47)63)64-39-24-26-55-46(34-39)43-13-3-8-18-53(43)62(55)36-21-28-58-48(31-36)45-15-5-10-20-57(45)65-58/h1-35H. The Bertz CT molecular complexity index is 4470. The summed E-state index contributed by atoms with van der Waals surface area (Å²) in [6, 6.07) is 77.4. The van der Waals surface area contributed by atoms with Crippen LogP contribution in [0.5, 0.6) is 11.5 Å². The summed E-state index contributed by atoms with van der Waals surface area (Å²) in [5, 5.41) is 12.4. The smallest absolute Gasteiger partial charge is 0.128 e. The molecule has 4 nitrogen and oxygen atoms in total. The maximum absolute atomic E-state index is 6.79. The highest BCUT2D eigenvalue weighted by atomic mass is 32.1. The fourth-order valence-electron chi connectivity index (χ4n) is 10.8. The van der Waals surface area contributed by atoms with Crippen LogP contribution in [0.25, 0.3) is 123 Å². The van der Waals surface area contributed by atoms with Gasteiger partial charge < -0.3 is 18.4 Å². The van der Waals surface area contributed by atoms with E-state index in [9.17, 15) is 0 Å². The van der Waals surface area contributed by atoms with Crippen molar-refractivity contribution in [1.29, 1.82) is 0 Å². The maximum Gasteiger partial charge on any atom is 0.128 e. The molecular formula is C60H35N3OS2. The van der Waals surface area contributed by atoms with Crippen molar-refractivity contribution in [3.8, 4) is 28.6 Å². The summed E-state index contributed by atoms with van der Waals surface area (Å²) in [5.74, 6) is 1.61. The van der Waals surface area contributed by atoms with Gasteiger partial charge >= 0.3 is 0 Å². The van der Waals surface area contributed by atoms with Gasteiger partial charge in [0.15, 0.2) is 0 Å². The molecule has 0 atom stereocenters. The van der Waals surface area contributed by atoms with Crippen LogP contribution in [0.3, 0.4) is 0 Å². The van der Waals surface area contributed by atoms with Crippen LogP contribution in [0.4, 0.5) is 0 Å². The summed E-state index contributed by atoms with van der Waals surface area (Å²) in [7, 11) is 0. The van der Waals surface area contributed by atoms with E-state index < -0.39 is 0 Å². The lowest BCUT2D eigenvalue weighted by molar-refractivity contribution is 0.484. The van der Waals surface area contributed by atoms with E-state index in [1.165, 1.54) is 84.1 Å². The van der Waals surface area contributed by atoms with Crippen LogP contribution in [0.2, 0.25) is 0 Å². The molecule has 15 aromatic rings.